The number of benzene rings is 1. The highest BCUT2D eigenvalue weighted by Gasteiger charge is 2.07. The molecule has 116 valence electrons. The summed E-state index contributed by atoms with van der Waals surface area (Å²) in [4.78, 5) is 16.4. The normalized spacial score (nSPS) is 10.3. The van der Waals surface area contributed by atoms with Crippen molar-refractivity contribution in [2.24, 2.45) is 0 Å². The molecule has 0 fully saturated rings. The van der Waals surface area contributed by atoms with Crippen LogP contribution in [0.25, 0.3) is 0 Å². The fourth-order valence-electron chi connectivity index (χ4n) is 1.95. The Hall–Kier alpha value is -2.40. The maximum Gasteiger partial charge on any atom is 0.255 e. The first-order valence-corrected chi connectivity index (χ1v) is 7.29. The molecule has 1 heterocycles. The van der Waals surface area contributed by atoms with Crippen molar-refractivity contribution in [1.29, 1.82) is 0 Å². The first kappa shape index (κ1) is 16.0. The molecule has 2 rings (SSSR count). The second-order valence-corrected chi connectivity index (χ2v) is 5.19. The minimum Gasteiger partial charge on any atom is -0.396 e. The van der Waals surface area contributed by atoms with Crippen molar-refractivity contribution in [2.45, 2.75) is 20.3 Å². The maximum atomic E-state index is 12.2. The highest BCUT2D eigenvalue weighted by molar-refractivity contribution is 6.04. The van der Waals surface area contributed by atoms with Gasteiger partial charge in [0, 0.05) is 18.7 Å². The van der Waals surface area contributed by atoms with Crippen LogP contribution in [0.4, 0.5) is 11.5 Å². The third-order valence-electron chi connectivity index (χ3n) is 3.43. The lowest BCUT2D eigenvalue weighted by Gasteiger charge is -2.08. The van der Waals surface area contributed by atoms with Crippen LogP contribution in [0.15, 0.2) is 36.5 Å². The summed E-state index contributed by atoms with van der Waals surface area (Å²) in [7, 11) is 0. The van der Waals surface area contributed by atoms with Gasteiger partial charge in [0.25, 0.3) is 5.91 Å². The van der Waals surface area contributed by atoms with Crippen LogP contribution in [0.1, 0.15) is 27.9 Å². The Kier molecular flexibility index (Phi) is 5.49. The predicted molar refractivity (Wildman–Crippen MR) is 88.3 cm³/mol. The van der Waals surface area contributed by atoms with E-state index < -0.39 is 0 Å². The van der Waals surface area contributed by atoms with Crippen molar-refractivity contribution in [1.82, 2.24) is 4.98 Å². The SMILES string of the molecule is Cc1ccc(C(=O)Nc2ccc(NCCCO)nc2)cc1C. The Morgan fingerprint density at radius 2 is 2.00 bits per heavy atom. The summed E-state index contributed by atoms with van der Waals surface area (Å²) in [5.41, 5.74) is 3.54. The summed E-state index contributed by atoms with van der Waals surface area (Å²) >= 11 is 0. The average molecular weight is 299 g/mol. The molecule has 1 aromatic carbocycles. The van der Waals surface area contributed by atoms with E-state index in [4.69, 9.17) is 5.11 Å². The minimum atomic E-state index is -0.147. The molecule has 2 aromatic rings. The van der Waals surface area contributed by atoms with E-state index >= 15 is 0 Å². The zero-order valence-electron chi connectivity index (χ0n) is 12.9. The van der Waals surface area contributed by atoms with E-state index in [1.165, 1.54) is 0 Å². The number of hydrogen-bond acceptors (Lipinski definition) is 4. The van der Waals surface area contributed by atoms with Crippen LogP contribution in [-0.4, -0.2) is 29.1 Å². The Balaban J connectivity index is 1.97. The van der Waals surface area contributed by atoms with Crippen molar-refractivity contribution in [3.63, 3.8) is 0 Å². The number of carbonyl (C=O) groups is 1. The minimum absolute atomic E-state index is 0.147. The van der Waals surface area contributed by atoms with Gasteiger partial charge in [0.05, 0.1) is 11.9 Å². The molecule has 0 unspecified atom stereocenters. The molecule has 22 heavy (non-hydrogen) atoms. The molecule has 0 saturated carbocycles. The summed E-state index contributed by atoms with van der Waals surface area (Å²) in [6, 6.07) is 9.23. The maximum absolute atomic E-state index is 12.2. The second-order valence-electron chi connectivity index (χ2n) is 5.19. The first-order chi connectivity index (χ1) is 10.6. The van der Waals surface area contributed by atoms with E-state index in [2.05, 4.69) is 15.6 Å². The number of amides is 1. The lowest BCUT2D eigenvalue weighted by Crippen LogP contribution is -2.12. The molecule has 3 N–H and O–H groups in total. The molecular formula is C17H21N3O2. The van der Waals surface area contributed by atoms with Crippen molar-refractivity contribution in [2.75, 3.05) is 23.8 Å². The number of rotatable bonds is 6. The zero-order valence-corrected chi connectivity index (χ0v) is 12.9. The molecule has 0 radical (unpaired) electrons. The molecule has 5 heteroatoms. The summed E-state index contributed by atoms with van der Waals surface area (Å²) in [6.07, 6.45) is 2.28. The lowest BCUT2D eigenvalue weighted by atomic mass is 10.1. The van der Waals surface area contributed by atoms with E-state index in [1.807, 2.05) is 32.0 Å². The van der Waals surface area contributed by atoms with Gasteiger partial charge in [-0.05, 0) is 55.7 Å². The van der Waals surface area contributed by atoms with Gasteiger partial charge < -0.3 is 15.7 Å². The molecule has 0 atom stereocenters. The quantitative estimate of drug-likeness (QED) is 0.717. The van der Waals surface area contributed by atoms with Crippen molar-refractivity contribution < 1.29 is 9.90 Å². The zero-order chi connectivity index (χ0) is 15.9. The number of aromatic nitrogens is 1. The molecule has 0 aliphatic rings. The molecule has 5 nitrogen and oxygen atoms in total. The third-order valence-corrected chi connectivity index (χ3v) is 3.43. The number of anilines is 2. The van der Waals surface area contributed by atoms with Crippen LogP contribution >= 0.6 is 0 Å². The van der Waals surface area contributed by atoms with Crippen LogP contribution in [0.2, 0.25) is 0 Å². The van der Waals surface area contributed by atoms with E-state index in [-0.39, 0.29) is 12.5 Å². The molecule has 1 amide bonds. The van der Waals surface area contributed by atoms with Crippen LogP contribution in [0.3, 0.4) is 0 Å². The number of nitrogens with zero attached hydrogens (tertiary/aromatic N) is 1. The summed E-state index contributed by atoms with van der Waals surface area (Å²) < 4.78 is 0. The predicted octanol–water partition coefficient (Wildman–Crippen LogP) is 2.75. The largest absolute Gasteiger partial charge is 0.396 e. The lowest BCUT2D eigenvalue weighted by molar-refractivity contribution is 0.102. The molecular weight excluding hydrogens is 278 g/mol. The summed E-state index contributed by atoms with van der Waals surface area (Å²) in [5, 5.41) is 14.6. The standard InChI is InChI=1S/C17H21N3O2/c1-12-4-5-14(10-13(12)2)17(22)20-15-6-7-16(19-11-15)18-8-3-9-21/h4-7,10-11,21H,3,8-9H2,1-2H3,(H,18,19)(H,20,22). The molecule has 1 aromatic heterocycles. The van der Waals surface area contributed by atoms with Gasteiger partial charge in [-0.1, -0.05) is 6.07 Å². The van der Waals surface area contributed by atoms with Gasteiger partial charge in [-0.2, -0.15) is 0 Å². The number of aliphatic hydroxyl groups excluding tert-OH is 1. The van der Waals surface area contributed by atoms with Crippen LogP contribution in [0.5, 0.6) is 0 Å². The second kappa shape index (κ2) is 7.56. The molecule has 0 spiro atoms. The number of nitrogens with one attached hydrogen (secondary N) is 2. The number of pyridine rings is 1. The summed E-state index contributed by atoms with van der Waals surface area (Å²) in [6.45, 7) is 4.82. The third kappa shape index (κ3) is 4.30. The van der Waals surface area contributed by atoms with Gasteiger partial charge in [0.2, 0.25) is 0 Å². The van der Waals surface area contributed by atoms with Crippen LogP contribution in [-0.2, 0) is 0 Å². The monoisotopic (exact) mass is 299 g/mol. The van der Waals surface area contributed by atoms with Gasteiger partial charge in [0.1, 0.15) is 5.82 Å². The van der Waals surface area contributed by atoms with E-state index in [1.54, 1.807) is 18.3 Å². The van der Waals surface area contributed by atoms with Crippen LogP contribution in [0, 0.1) is 13.8 Å². The Bertz CT molecular complexity index is 639. The molecule has 0 bridgehead atoms. The van der Waals surface area contributed by atoms with Gasteiger partial charge >= 0.3 is 0 Å². The van der Waals surface area contributed by atoms with Crippen molar-refractivity contribution in [3.8, 4) is 0 Å². The highest BCUT2D eigenvalue weighted by Crippen LogP contribution is 2.14. The number of carbonyl (C=O) groups excluding carboxylic acids is 1. The average Bonchev–Trinajstić information content (AvgIpc) is 2.52. The van der Waals surface area contributed by atoms with Crippen molar-refractivity contribution in [3.05, 3.63) is 53.2 Å². The Morgan fingerprint density at radius 1 is 1.18 bits per heavy atom. The van der Waals surface area contributed by atoms with Gasteiger partial charge in [0.15, 0.2) is 0 Å². The van der Waals surface area contributed by atoms with Gasteiger partial charge in [-0.3, -0.25) is 4.79 Å². The Morgan fingerprint density at radius 3 is 2.64 bits per heavy atom. The van der Waals surface area contributed by atoms with Gasteiger partial charge in [-0.15, -0.1) is 0 Å². The number of hydrogen-bond donors (Lipinski definition) is 3. The molecule has 0 aliphatic carbocycles. The van der Waals surface area contributed by atoms with E-state index in [0.717, 1.165) is 16.9 Å². The number of aliphatic hydroxyl groups is 1. The highest BCUT2D eigenvalue weighted by atomic mass is 16.3. The Labute approximate surface area is 130 Å². The topological polar surface area (TPSA) is 74.2 Å². The molecule has 0 saturated heterocycles. The molecule has 0 aliphatic heterocycles. The smallest absolute Gasteiger partial charge is 0.255 e. The van der Waals surface area contributed by atoms with Crippen LogP contribution < -0.4 is 10.6 Å². The first-order valence-electron chi connectivity index (χ1n) is 7.29. The summed E-state index contributed by atoms with van der Waals surface area (Å²) in [5.74, 6) is 0.573. The fourth-order valence-corrected chi connectivity index (χ4v) is 1.95. The van der Waals surface area contributed by atoms with E-state index in [9.17, 15) is 4.79 Å². The van der Waals surface area contributed by atoms with Crippen molar-refractivity contribution >= 4 is 17.4 Å². The van der Waals surface area contributed by atoms with Gasteiger partial charge in [-0.25, -0.2) is 4.98 Å². The fraction of sp³-hybridized carbons (Fsp3) is 0.294. The van der Waals surface area contributed by atoms with E-state index in [0.29, 0.717) is 24.2 Å². The number of aryl methyl sites for hydroxylation is 2.